The third kappa shape index (κ3) is 2.45. The number of oxazole rings is 1. The number of rotatable bonds is 4. The molecule has 6 heteroatoms. The molecular formula is C13H19N3O3. The molecule has 1 aromatic rings. The van der Waals surface area contributed by atoms with Gasteiger partial charge in [-0.3, -0.25) is 4.79 Å². The van der Waals surface area contributed by atoms with Crippen LogP contribution in [0.25, 0.3) is 0 Å². The van der Waals surface area contributed by atoms with Gasteiger partial charge in [0.15, 0.2) is 0 Å². The smallest absolute Gasteiger partial charge is 0.297 e. The summed E-state index contributed by atoms with van der Waals surface area (Å²) in [4.78, 5) is 17.1. The van der Waals surface area contributed by atoms with Gasteiger partial charge in [-0.2, -0.15) is 0 Å². The van der Waals surface area contributed by atoms with Crippen molar-refractivity contribution in [2.45, 2.75) is 37.7 Å². The van der Waals surface area contributed by atoms with Gasteiger partial charge in [0.2, 0.25) is 5.91 Å². The van der Waals surface area contributed by atoms with Crippen molar-refractivity contribution >= 4 is 11.9 Å². The minimum Gasteiger partial charge on any atom is -0.428 e. The Morgan fingerprint density at radius 2 is 2.32 bits per heavy atom. The molecule has 2 fully saturated rings. The molecule has 1 amide bonds. The highest BCUT2D eigenvalue weighted by Gasteiger charge is 2.35. The van der Waals surface area contributed by atoms with Crippen LogP contribution in [0.5, 0.6) is 0 Å². The molecule has 0 bridgehead atoms. The fourth-order valence-corrected chi connectivity index (χ4v) is 2.77. The number of β-amino-alcohol motifs (C(OH)–C–C–N with tert-alkyl or cyclic N) is 1. The molecule has 1 aromatic heterocycles. The minimum absolute atomic E-state index is 0.128. The van der Waals surface area contributed by atoms with E-state index in [1.807, 2.05) is 4.90 Å². The quantitative estimate of drug-likeness (QED) is 0.832. The van der Waals surface area contributed by atoms with E-state index in [9.17, 15) is 9.90 Å². The first-order chi connectivity index (χ1) is 9.13. The van der Waals surface area contributed by atoms with Gasteiger partial charge in [0, 0.05) is 31.3 Å². The first kappa shape index (κ1) is 12.5. The summed E-state index contributed by atoms with van der Waals surface area (Å²) in [6, 6.07) is 0.549. The van der Waals surface area contributed by atoms with Crippen LogP contribution in [0, 0.1) is 5.92 Å². The number of aliphatic hydroxyl groups is 1. The highest BCUT2D eigenvalue weighted by molar-refractivity contribution is 5.74. The molecule has 104 valence electrons. The lowest BCUT2D eigenvalue weighted by molar-refractivity contribution is -0.119. The summed E-state index contributed by atoms with van der Waals surface area (Å²) in [5.74, 6) is 0.939. The highest BCUT2D eigenvalue weighted by atomic mass is 16.4. The molecule has 3 rings (SSSR count). The number of primary amides is 1. The van der Waals surface area contributed by atoms with Crippen molar-refractivity contribution in [3.05, 3.63) is 12.0 Å². The van der Waals surface area contributed by atoms with Crippen LogP contribution >= 0.6 is 0 Å². The fourth-order valence-electron chi connectivity index (χ4n) is 2.77. The number of carbonyl (C=O) groups is 1. The monoisotopic (exact) mass is 265 g/mol. The summed E-state index contributed by atoms with van der Waals surface area (Å²) < 4.78 is 5.76. The van der Waals surface area contributed by atoms with E-state index in [1.54, 1.807) is 6.20 Å². The van der Waals surface area contributed by atoms with E-state index in [-0.39, 0.29) is 18.2 Å². The molecule has 0 unspecified atom stereocenters. The highest BCUT2D eigenvalue weighted by Crippen LogP contribution is 2.38. The van der Waals surface area contributed by atoms with E-state index < -0.39 is 6.10 Å². The van der Waals surface area contributed by atoms with Crippen molar-refractivity contribution in [2.75, 3.05) is 18.0 Å². The van der Waals surface area contributed by atoms with Gasteiger partial charge in [-0.05, 0) is 12.8 Å². The Hall–Kier alpha value is -1.56. The average Bonchev–Trinajstić information content (AvgIpc) is 2.84. The van der Waals surface area contributed by atoms with Crippen LogP contribution in [-0.4, -0.2) is 35.2 Å². The Morgan fingerprint density at radius 3 is 2.95 bits per heavy atom. The lowest BCUT2D eigenvalue weighted by atomic mass is 9.84. The van der Waals surface area contributed by atoms with Crippen LogP contribution in [0.1, 0.15) is 37.4 Å². The van der Waals surface area contributed by atoms with Crippen molar-refractivity contribution in [3.8, 4) is 0 Å². The zero-order valence-electron chi connectivity index (χ0n) is 10.8. The molecule has 0 spiro atoms. The van der Waals surface area contributed by atoms with Crippen LogP contribution in [0.15, 0.2) is 10.6 Å². The van der Waals surface area contributed by atoms with E-state index in [0.717, 1.165) is 5.76 Å². The molecule has 2 aliphatic rings. The number of hydrogen-bond donors (Lipinski definition) is 2. The minimum atomic E-state index is -0.549. The molecule has 19 heavy (non-hydrogen) atoms. The molecule has 1 aliphatic carbocycles. The van der Waals surface area contributed by atoms with Crippen molar-refractivity contribution < 1.29 is 14.3 Å². The summed E-state index contributed by atoms with van der Waals surface area (Å²) in [5, 5.41) is 9.92. The SMILES string of the molecule is NC(=O)C[C@@H]1CN(c2ncc(C3CCC3)o2)C[C@H]1O. The molecule has 1 saturated carbocycles. The number of carbonyl (C=O) groups excluding carboxylic acids is 1. The standard InChI is InChI=1S/C13H19N3O3/c14-12(18)4-9-6-16(7-10(9)17)13-15-5-11(19-13)8-2-1-3-8/h5,8-10,17H,1-4,6-7H2,(H2,14,18)/t9-,10-/m1/s1. The predicted octanol–water partition coefficient (Wildman–Crippen LogP) is 0.615. The van der Waals surface area contributed by atoms with Crippen molar-refractivity contribution in [1.82, 2.24) is 4.98 Å². The molecule has 1 aliphatic heterocycles. The van der Waals surface area contributed by atoms with Crippen LogP contribution in [-0.2, 0) is 4.79 Å². The zero-order chi connectivity index (χ0) is 13.4. The van der Waals surface area contributed by atoms with E-state index in [0.29, 0.717) is 25.0 Å². The van der Waals surface area contributed by atoms with E-state index >= 15 is 0 Å². The number of nitrogens with two attached hydrogens (primary N) is 1. The van der Waals surface area contributed by atoms with E-state index in [1.165, 1.54) is 19.3 Å². The molecule has 2 heterocycles. The Labute approximate surface area is 111 Å². The summed E-state index contributed by atoms with van der Waals surface area (Å²) in [7, 11) is 0. The maximum absolute atomic E-state index is 10.9. The van der Waals surface area contributed by atoms with E-state index in [4.69, 9.17) is 10.2 Å². The van der Waals surface area contributed by atoms with Crippen LogP contribution in [0.4, 0.5) is 6.01 Å². The van der Waals surface area contributed by atoms with Gasteiger partial charge in [0.25, 0.3) is 6.01 Å². The number of aliphatic hydroxyl groups excluding tert-OH is 1. The first-order valence-electron chi connectivity index (χ1n) is 6.80. The van der Waals surface area contributed by atoms with Gasteiger partial charge in [-0.25, -0.2) is 4.98 Å². The Kier molecular flexibility index (Phi) is 3.18. The topological polar surface area (TPSA) is 92.6 Å². The zero-order valence-corrected chi connectivity index (χ0v) is 10.8. The second kappa shape index (κ2) is 4.85. The second-order valence-electron chi connectivity index (χ2n) is 5.58. The van der Waals surface area contributed by atoms with Crippen LogP contribution in [0.3, 0.4) is 0 Å². The number of nitrogens with zero attached hydrogens (tertiary/aromatic N) is 2. The normalized spacial score (nSPS) is 27.5. The van der Waals surface area contributed by atoms with Gasteiger partial charge in [-0.1, -0.05) is 6.42 Å². The summed E-state index contributed by atoms with van der Waals surface area (Å²) >= 11 is 0. The van der Waals surface area contributed by atoms with Gasteiger partial charge in [-0.15, -0.1) is 0 Å². The number of aromatic nitrogens is 1. The molecule has 0 radical (unpaired) electrons. The third-order valence-electron chi connectivity index (χ3n) is 4.16. The fraction of sp³-hybridized carbons (Fsp3) is 0.692. The molecule has 3 N–H and O–H groups in total. The molecule has 2 atom stereocenters. The van der Waals surface area contributed by atoms with Crippen molar-refractivity contribution in [3.63, 3.8) is 0 Å². The molecule has 0 aromatic carbocycles. The van der Waals surface area contributed by atoms with Gasteiger partial charge in [0.05, 0.1) is 12.3 Å². The molecular weight excluding hydrogens is 246 g/mol. The van der Waals surface area contributed by atoms with Gasteiger partial charge >= 0.3 is 0 Å². The molecule has 1 saturated heterocycles. The lowest BCUT2D eigenvalue weighted by Crippen LogP contribution is -2.24. The Bertz CT molecular complexity index is 469. The molecule has 6 nitrogen and oxygen atoms in total. The number of amides is 1. The van der Waals surface area contributed by atoms with Crippen LogP contribution < -0.4 is 10.6 Å². The van der Waals surface area contributed by atoms with Crippen molar-refractivity contribution in [2.24, 2.45) is 11.7 Å². The number of anilines is 1. The Morgan fingerprint density at radius 1 is 1.53 bits per heavy atom. The maximum Gasteiger partial charge on any atom is 0.297 e. The van der Waals surface area contributed by atoms with Gasteiger partial charge < -0.3 is 20.2 Å². The lowest BCUT2D eigenvalue weighted by Gasteiger charge is -2.22. The third-order valence-corrected chi connectivity index (χ3v) is 4.16. The summed E-state index contributed by atoms with van der Waals surface area (Å²) in [5.41, 5.74) is 5.18. The van der Waals surface area contributed by atoms with Gasteiger partial charge in [0.1, 0.15) is 5.76 Å². The van der Waals surface area contributed by atoms with Crippen molar-refractivity contribution in [1.29, 1.82) is 0 Å². The second-order valence-corrected chi connectivity index (χ2v) is 5.58. The summed E-state index contributed by atoms with van der Waals surface area (Å²) in [6.45, 7) is 1.01. The Balaban J connectivity index is 1.66. The summed E-state index contributed by atoms with van der Waals surface area (Å²) in [6.07, 6.45) is 5.03. The maximum atomic E-state index is 10.9. The predicted molar refractivity (Wildman–Crippen MR) is 68.6 cm³/mol. The largest absolute Gasteiger partial charge is 0.428 e. The van der Waals surface area contributed by atoms with E-state index in [2.05, 4.69) is 4.98 Å². The average molecular weight is 265 g/mol. The number of hydrogen-bond acceptors (Lipinski definition) is 5. The van der Waals surface area contributed by atoms with Crippen LogP contribution in [0.2, 0.25) is 0 Å². The first-order valence-corrected chi connectivity index (χ1v) is 6.80.